The van der Waals surface area contributed by atoms with Crippen molar-refractivity contribution < 1.29 is 36.0 Å². The van der Waals surface area contributed by atoms with Crippen LogP contribution in [0.3, 0.4) is 0 Å². The van der Waals surface area contributed by atoms with Crippen LogP contribution in [0.5, 0.6) is 0 Å². The number of hydrogen-bond acceptors (Lipinski definition) is 15. The number of rotatable bonds is 27. The van der Waals surface area contributed by atoms with E-state index in [0.717, 1.165) is 12.4 Å². The van der Waals surface area contributed by atoms with E-state index in [9.17, 15) is 36.0 Å². The molecule has 0 atom stereocenters. The minimum absolute atomic E-state index is 0.0605. The number of carbonyl (C=O) groups excluding carboxylic acids is 4. The van der Waals surface area contributed by atoms with Crippen molar-refractivity contribution in [1.29, 1.82) is 0 Å². The number of aliphatic imine (C=N–C) groups is 1. The first-order valence-electron chi connectivity index (χ1n) is 18.9. The minimum atomic E-state index is -4.08. The third-order valence-corrected chi connectivity index (χ3v) is 13.7. The first kappa shape index (κ1) is 49.9. The zero-order valence-electron chi connectivity index (χ0n) is 33.1. The lowest BCUT2D eigenvalue weighted by molar-refractivity contribution is -0.119. The van der Waals surface area contributed by atoms with Crippen LogP contribution in [-0.2, 0) is 54.9 Å². The first-order chi connectivity index (χ1) is 28.3. The molecule has 0 saturated heterocycles. The summed E-state index contributed by atoms with van der Waals surface area (Å²) < 4.78 is 55.2. The quantitative estimate of drug-likeness (QED) is 0.0276. The molecular formula is C39H51Br2N9O8S2. The van der Waals surface area contributed by atoms with E-state index in [1.54, 1.807) is 0 Å². The number of sulfone groups is 2. The molecule has 60 heavy (non-hydrogen) atoms. The third kappa shape index (κ3) is 15.6. The van der Waals surface area contributed by atoms with Gasteiger partial charge in [-0.2, -0.15) is 0 Å². The summed E-state index contributed by atoms with van der Waals surface area (Å²) in [7, 11) is -8.14. The van der Waals surface area contributed by atoms with Crippen LogP contribution in [0.4, 0.5) is 0 Å². The molecule has 0 unspecified atom stereocenters. The lowest BCUT2D eigenvalue weighted by atomic mass is 9.98. The molecule has 0 saturated carbocycles. The van der Waals surface area contributed by atoms with Crippen LogP contribution in [0, 0.1) is 0 Å². The topological polar surface area (TPSA) is 317 Å². The number of carbonyl (C=O) groups is 4. The van der Waals surface area contributed by atoms with Crippen molar-refractivity contribution >= 4 is 80.6 Å². The Morgan fingerprint density at radius 3 is 1.47 bits per heavy atom. The van der Waals surface area contributed by atoms with E-state index in [1.165, 1.54) is 24.3 Å². The number of Topliss-reactive ketones (excluding diaryl/α,β-unsaturated/α-hetero) is 4. The highest BCUT2D eigenvalue weighted by Crippen LogP contribution is 2.31. The minimum Gasteiger partial charge on any atom is -0.386 e. The van der Waals surface area contributed by atoms with Gasteiger partial charge in [-0.05, 0) is 78.3 Å². The fourth-order valence-corrected chi connectivity index (χ4v) is 10.6. The average Bonchev–Trinajstić information content (AvgIpc) is 3.13. The summed E-state index contributed by atoms with van der Waals surface area (Å²) in [5.41, 5.74) is 27.7. The monoisotopic (exact) mass is 995 g/mol. The van der Waals surface area contributed by atoms with Crippen molar-refractivity contribution in [2.24, 2.45) is 33.7 Å². The number of nitrogens with one attached hydrogen (secondary N) is 1. The van der Waals surface area contributed by atoms with Gasteiger partial charge >= 0.3 is 0 Å². The SMILES string of the molecule is C=C(N)NCCCCC(=O)Cc1cc(Br)cc(CC(=O)c2cc(C(=O)Cc3cc(Br)cc(CC(=O)CCCCN=C(N)N)c3S(=O)(=O)CCN)ncn2)c1S(=O)(=O)CCN. The summed E-state index contributed by atoms with van der Waals surface area (Å²) in [5.74, 6) is -2.40. The molecule has 1 heterocycles. The second kappa shape index (κ2) is 23.6. The summed E-state index contributed by atoms with van der Waals surface area (Å²) in [6.45, 7) is 4.00. The Morgan fingerprint density at radius 2 is 1.07 bits per heavy atom. The third-order valence-electron chi connectivity index (χ3n) is 8.92. The Bertz CT molecular complexity index is 2340. The molecule has 17 nitrogen and oxygen atoms in total. The fraction of sp³-hybridized carbons (Fsp3) is 0.410. The van der Waals surface area contributed by atoms with Gasteiger partial charge < -0.3 is 34.0 Å². The molecule has 0 aliphatic rings. The maximum atomic E-state index is 13.8. The lowest BCUT2D eigenvalue weighted by Gasteiger charge is -2.16. The number of nitrogens with two attached hydrogens (primary N) is 5. The highest BCUT2D eigenvalue weighted by atomic mass is 79.9. The zero-order chi connectivity index (χ0) is 44.6. The molecule has 0 aliphatic carbocycles. The van der Waals surface area contributed by atoms with Crippen molar-refractivity contribution in [3.63, 3.8) is 0 Å². The van der Waals surface area contributed by atoms with Crippen LogP contribution in [-0.4, -0.2) is 93.6 Å². The van der Waals surface area contributed by atoms with Crippen LogP contribution in [0.1, 0.15) is 81.8 Å². The van der Waals surface area contributed by atoms with E-state index in [0.29, 0.717) is 53.5 Å². The molecule has 2 aromatic carbocycles. The molecule has 11 N–H and O–H groups in total. The largest absolute Gasteiger partial charge is 0.386 e. The Hall–Kier alpha value is -4.41. The number of guanidine groups is 1. The molecule has 21 heteroatoms. The maximum Gasteiger partial charge on any atom is 0.185 e. The molecular weight excluding hydrogens is 946 g/mol. The number of hydrogen-bond donors (Lipinski definition) is 6. The van der Waals surface area contributed by atoms with Gasteiger partial charge in [0.15, 0.2) is 37.2 Å². The van der Waals surface area contributed by atoms with Crippen LogP contribution >= 0.6 is 31.9 Å². The Kier molecular flexibility index (Phi) is 19.6. The highest BCUT2D eigenvalue weighted by Gasteiger charge is 2.28. The smallest absolute Gasteiger partial charge is 0.185 e. The zero-order valence-corrected chi connectivity index (χ0v) is 37.9. The van der Waals surface area contributed by atoms with Gasteiger partial charge in [-0.1, -0.05) is 38.4 Å². The Labute approximate surface area is 366 Å². The molecule has 1 aromatic heterocycles. The molecule has 0 bridgehead atoms. The second-order valence-electron chi connectivity index (χ2n) is 13.9. The molecule has 0 radical (unpaired) electrons. The number of benzene rings is 2. The van der Waals surface area contributed by atoms with E-state index >= 15 is 0 Å². The summed E-state index contributed by atoms with van der Waals surface area (Å²) in [4.78, 5) is 65.3. The molecule has 0 aliphatic heterocycles. The van der Waals surface area contributed by atoms with Gasteiger partial charge in [0.25, 0.3) is 0 Å². The average molecular weight is 998 g/mol. The van der Waals surface area contributed by atoms with Gasteiger partial charge in [-0.3, -0.25) is 24.2 Å². The van der Waals surface area contributed by atoms with Crippen molar-refractivity contribution in [3.05, 3.63) is 91.6 Å². The van der Waals surface area contributed by atoms with E-state index in [4.69, 9.17) is 28.7 Å². The van der Waals surface area contributed by atoms with E-state index < -0.39 is 55.6 Å². The summed E-state index contributed by atoms with van der Waals surface area (Å²) in [6.07, 6.45) is 2.08. The highest BCUT2D eigenvalue weighted by molar-refractivity contribution is 9.10. The number of halogens is 2. The second-order valence-corrected chi connectivity index (χ2v) is 19.8. The number of unbranched alkanes of at least 4 members (excludes halogenated alkanes) is 2. The lowest BCUT2D eigenvalue weighted by Crippen LogP contribution is -2.23. The molecule has 0 amide bonds. The number of ketones is 4. The normalized spacial score (nSPS) is 11.5. The summed E-state index contributed by atoms with van der Waals surface area (Å²) >= 11 is 6.77. The number of nitrogens with zero attached hydrogens (tertiary/aromatic N) is 3. The Balaban J connectivity index is 1.93. The van der Waals surface area contributed by atoms with Gasteiger partial charge in [0.1, 0.15) is 29.3 Å². The fourth-order valence-electron chi connectivity index (χ4n) is 6.39. The van der Waals surface area contributed by atoms with Crippen molar-refractivity contribution in [3.8, 4) is 0 Å². The summed E-state index contributed by atoms with van der Waals surface area (Å²) in [6, 6.07) is 7.13. The molecule has 0 fully saturated rings. The van der Waals surface area contributed by atoms with Gasteiger partial charge in [0, 0.05) is 73.6 Å². The molecule has 0 spiro atoms. The Morgan fingerprint density at radius 1 is 0.650 bits per heavy atom. The molecule has 326 valence electrons. The predicted octanol–water partition coefficient (Wildman–Crippen LogP) is 2.17. The van der Waals surface area contributed by atoms with Crippen LogP contribution in [0.2, 0.25) is 0 Å². The molecule has 3 aromatic rings. The van der Waals surface area contributed by atoms with Crippen LogP contribution < -0.4 is 34.0 Å². The van der Waals surface area contributed by atoms with E-state index in [-0.39, 0.29) is 99.7 Å². The van der Waals surface area contributed by atoms with Crippen molar-refractivity contribution in [1.82, 2.24) is 15.3 Å². The first-order valence-corrected chi connectivity index (χ1v) is 23.8. The van der Waals surface area contributed by atoms with Crippen LogP contribution in [0.25, 0.3) is 0 Å². The van der Waals surface area contributed by atoms with Crippen molar-refractivity contribution in [2.45, 2.75) is 74.0 Å². The van der Waals surface area contributed by atoms with Gasteiger partial charge in [-0.25, -0.2) is 26.8 Å². The van der Waals surface area contributed by atoms with Crippen LogP contribution in [0.15, 0.2) is 72.8 Å². The molecule has 3 rings (SSSR count). The predicted molar refractivity (Wildman–Crippen MR) is 236 cm³/mol. The van der Waals surface area contributed by atoms with Gasteiger partial charge in [0.2, 0.25) is 0 Å². The van der Waals surface area contributed by atoms with E-state index in [1.807, 2.05) is 0 Å². The number of aromatic nitrogens is 2. The van der Waals surface area contributed by atoms with Gasteiger partial charge in [-0.15, -0.1) is 0 Å². The van der Waals surface area contributed by atoms with Crippen molar-refractivity contribution in [2.75, 3.05) is 37.7 Å². The van der Waals surface area contributed by atoms with E-state index in [2.05, 4.69) is 58.7 Å². The maximum absolute atomic E-state index is 13.8. The van der Waals surface area contributed by atoms with Gasteiger partial charge in [0.05, 0.1) is 27.1 Å². The summed E-state index contributed by atoms with van der Waals surface area (Å²) in [5, 5.41) is 2.88. The standard InChI is InChI=1S/C39H51Br2N9O8S2/c1-24(44)47-10-4-2-6-31(51)18-25-14-29(40)16-27(37(25)59(55,56)12-8-42)20-35(53)33-22-34(50-23-49-33)36(54)21-28-17-30(41)15-26(38(28)60(57,58)13-9-43)19-32(52)7-3-5-11-48-39(45)46/h14-17,22-23,47H,1-13,18-21,42-44H2,(H4,45,46,48).